The van der Waals surface area contributed by atoms with Gasteiger partial charge >= 0.3 is 149 Å². The zero-order valence-electron chi connectivity index (χ0n) is 14.4. The number of hydrogen-bond donors (Lipinski definition) is 0. The van der Waals surface area contributed by atoms with Crippen LogP contribution in [0.4, 0.5) is 5.69 Å². The molecule has 0 saturated carbocycles. The summed E-state index contributed by atoms with van der Waals surface area (Å²) in [7, 11) is 0. The van der Waals surface area contributed by atoms with Gasteiger partial charge in [-0.25, -0.2) is 0 Å². The molecule has 0 N–H and O–H groups in total. The van der Waals surface area contributed by atoms with Crippen LogP contribution in [0.1, 0.15) is 30.5 Å². The Morgan fingerprint density at radius 1 is 0.957 bits per heavy atom. The molecule has 0 aliphatic rings. The molecule has 0 fully saturated rings. The maximum atomic E-state index is 12.6. The van der Waals surface area contributed by atoms with Gasteiger partial charge in [-0.3, -0.25) is 0 Å². The molecule has 0 unspecified atom stereocenters. The molecule has 0 aliphatic carbocycles. The first-order valence-electron chi connectivity index (χ1n) is 7.82. The van der Waals surface area contributed by atoms with Crippen LogP contribution in [0, 0.1) is 26.7 Å². The van der Waals surface area contributed by atoms with Gasteiger partial charge in [-0.1, -0.05) is 0 Å². The van der Waals surface area contributed by atoms with Gasteiger partial charge in [0, 0.05) is 0 Å². The Hall–Kier alpha value is -1.43. The van der Waals surface area contributed by atoms with E-state index in [2.05, 4.69) is 57.2 Å². The van der Waals surface area contributed by atoms with E-state index in [-0.39, 0.29) is 11.7 Å². The van der Waals surface area contributed by atoms with Crippen LogP contribution >= 0.6 is 0 Å². The van der Waals surface area contributed by atoms with Crippen molar-refractivity contribution in [3.63, 3.8) is 0 Å². The Morgan fingerprint density at radius 2 is 1.52 bits per heavy atom. The molecular weight excluding hydrogens is 398 g/mol. The summed E-state index contributed by atoms with van der Waals surface area (Å²) in [5, 5.41) is 0. The number of Topliss-reactive ketones (excluding diaryl/α,β-unsaturated/α-hetero) is 1. The maximum absolute atomic E-state index is 12.6. The number of aryl methyl sites for hydroxylation is 3. The van der Waals surface area contributed by atoms with Crippen LogP contribution in [0.25, 0.3) is 0 Å². The number of aliphatic imine (C=N–C) groups is 1. The van der Waals surface area contributed by atoms with Gasteiger partial charge < -0.3 is 0 Å². The molecule has 2 rings (SSSR count). The molecule has 120 valence electrons. The molecule has 0 spiro atoms. The van der Waals surface area contributed by atoms with Crippen molar-refractivity contribution in [1.82, 2.24) is 0 Å². The molecule has 0 atom stereocenters. The second kappa shape index (κ2) is 7.90. The third-order valence-corrected chi connectivity index (χ3v) is 6.46. The molecular formula is C20H23NOTe. The van der Waals surface area contributed by atoms with Crippen LogP contribution in [-0.2, 0) is 4.79 Å². The van der Waals surface area contributed by atoms with Gasteiger partial charge in [0.2, 0.25) is 0 Å². The molecule has 0 bridgehead atoms. The quantitative estimate of drug-likeness (QED) is 0.532. The van der Waals surface area contributed by atoms with Crippen LogP contribution < -0.4 is 3.61 Å². The first kappa shape index (κ1) is 17.9. The van der Waals surface area contributed by atoms with Crippen molar-refractivity contribution in [2.75, 3.05) is 0 Å². The summed E-state index contributed by atoms with van der Waals surface area (Å²) in [5.41, 5.74) is 4.43. The van der Waals surface area contributed by atoms with Gasteiger partial charge in [-0.15, -0.1) is 0 Å². The standard InChI is InChI=1S/C20H23NOTe/c1-13(2)19(22)20(23-17-11-9-14(3)10-12-17)21-18-15(4)7-6-8-16(18)5/h6-13H,1-5H3. The molecule has 0 amide bonds. The van der Waals surface area contributed by atoms with Gasteiger partial charge in [0.1, 0.15) is 0 Å². The number of nitrogens with zero attached hydrogens (tertiary/aromatic N) is 1. The number of ketones is 1. The number of hydrogen-bond acceptors (Lipinski definition) is 2. The monoisotopic (exact) mass is 423 g/mol. The van der Waals surface area contributed by atoms with Crippen LogP contribution in [0.5, 0.6) is 0 Å². The third-order valence-electron chi connectivity index (χ3n) is 3.62. The van der Waals surface area contributed by atoms with Crippen molar-refractivity contribution in [2.24, 2.45) is 10.9 Å². The van der Waals surface area contributed by atoms with E-state index in [9.17, 15) is 4.79 Å². The van der Waals surface area contributed by atoms with Crippen molar-refractivity contribution in [2.45, 2.75) is 34.6 Å². The van der Waals surface area contributed by atoms with Crippen molar-refractivity contribution in [3.05, 3.63) is 59.2 Å². The topological polar surface area (TPSA) is 29.4 Å². The van der Waals surface area contributed by atoms with E-state index in [1.165, 1.54) is 9.17 Å². The average molecular weight is 421 g/mol. The van der Waals surface area contributed by atoms with Crippen LogP contribution in [-0.4, -0.2) is 30.5 Å². The van der Waals surface area contributed by atoms with E-state index in [0.717, 1.165) is 20.6 Å². The minimum absolute atomic E-state index is 0.0198. The zero-order valence-corrected chi connectivity index (χ0v) is 16.7. The fraction of sp³-hybridized carbons (Fsp3) is 0.300. The zero-order chi connectivity index (χ0) is 17.0. The Morgan fingerprint density at radius 3 is 2.04 bits per heavy atom. The normalized spacial score (nSPS) is 11.8. The van der Waals surface area contributed by atoms with Gasteiger partial charge in [-0.05, 0) is 0 Å². The van der Waals surface area contributed by atoms with E-state index in [1.807, 2.05) is 19.9 Å². The third kappa shape index (κ3) is 4.77. The molecule has 2 aromatic rings. The van der Waals surface area contributed by atoms with E-state index in [0.29, 0.717) is 0 Å². The second-order valence-electron chi connectivity index (χ2n) is 6.09. The summed E-state index contributed by atoms with van der Waals surface area (Å²) >= 11 is -0.786. The Bertz CT molecular complexity index is 710. The van der Waals surface area contributed by atoms with Gasteiger partial charge in [0.15, 0.2) is 0 Å². The van der Waals surface area contributed by atoms with Crippen molar-refractivity contribution >= 4 is 39.8 Å². The van der Waals surface area contributed by atoms with E-state index < -0.39 is 20.9 Å². The fourth-order valence-corrected chi connectivity index (χ4v) is 4.94. The molecule has 2 aromatic carbocycles. The number of para-hydroxylation sites is 1. The summed E-state index contributed by atoms with van der Waals surface area (Å²) in [6.07, 6.45) is 0. The average Bonchev–Trinajstić information content (AvgIpc) is 2.51. The van der Waals surface area contributed by atoms with E-state index >= 15 is 0 Å². The fourth-order valence-electron chi connectivity index (χ4n) is 2.18. The van der Waals surface area contributed by atoms with Crippen molar-refractivity contribution < 1.29 is 4.79 Å². The molecule has 0 radical (unpaired) electrons. The molecule has 0 heterocycles. The summed E-state index contributed by atoms with van der Waals surface area (Å²) in [6.45, 7) is 10.1. The number of carbonyl (C=O) groups is 1. The van der Waals surface area contributed by atoms with Gasteiger partial charge in [0.25, 0.3) is 0 Å². The molecule has 2 nitrogen and oxygen atoms in total. The number of rotatable bonds is 5. The summed E-state index contributed by atoms with van der Waals surface area (Å²) in [5.74, 6) is 0.157. The molecule has 3 heteroatoms. The van der Waals surface area contributed by atoms with Gasteiger partial charge in [0.05, 0.1) is 0 Å². The van der Waals surface area contributed by atoms with E-state index in [4.69, 9.17) is 4.99 Å². The van der Waals surface area contributed by atoms with E-state index in [1.54, 1.807) is 0 Å². The summed E-state index contributed by atoms with van der Waals surface area (Å²) in [4.78, 5) is 17.5. The minimum atomic E-state index is -0.786. The second-order valence-corrected chi connectivity index (χ2v) is 9.12. The Labute approximate surface area is 149 Å². The van der Waals surface area contributed by atoms with Crippen LogP contribution in [0.15, 0.2) is 47.5 Å². The molecule has 23 heavy (non-hydrogen) atoms. The summed E-state index contributed by atoms with van der Waals surface area (Å²) in [6, 6.07) is 14.6. The first-order chi connectivity index (χ1) is 10.9. The number of carbonyl (C=O) groups excluding carboxylic acids is 1. The molecule has 0 aromatic heterocycles. The Kier molecular flexibility index (Phi) is 6.16. The predicted octanol–water partition coefficient (Wildman–Crippen LogP) is 3.90. The van der Waals surface area contributed by atoms with Crippen LogP contribution in [0.2, 0.25) is 0 Å². The Balaban J connectivity index is 2.44. The van der Waals surface area contributed by atoms with Crippen molar-refractivity contribution in [3.8, 4) is 0 Å². The van der Waals surface area contributed by atoms with Crippen molar-refractivity contribution in [1.29, 1.82) is 0 Å². The van der Waals surface area contributed by atoms with Crippen LogP contribution in [0.3, 0.4) is 0 Å². The number of benzene rings is 2. The first-order valence-corrected chi connectivity index (χ1v) is 10.1. The SMILES string of the molecule is Cc1ccc([Te]C(=Nc2c(C)cccc2C)C(=O)C(C)C)cc1. The predicted molar refractivity (Wildman–Crippen MR) is 99.4 cm³/mol. The molecule has 0 saturated heterocycles. The summed E-state index contributed by atoms with van der Waals surface area (Å²) < 4.78 is 2.02. The molecule has 0 aliphatic heterocycles. The van der Waals surface area contributed by atoms with Gasteiger partial charge in [-0.2, -0.15) is 0 Å².